The number of fused-ring (bicyclic) bond motifs is 2. The number of H-pyrrole nitrogens is 1. The molecule has 2 aliphatic rings. The van der Waals surface area contributed by atoms with Crippen molar-refractivity contribution in [3.05, 3.63) is 72.0 Å². The lowest BCUT2D eigenvalue weighted by Crippen LogP contribution is -2.34. The molecular weight excluding hydrogens is 511 g/mol. The molecule has 6 rings (SSSR count). The fraction of sp³-hybridized carbons (Fsp3) is 0.321. The van der Waals surface area contributed by atoms with Crippen LogP contribution in [0.3, 0.4) is 0 Å². The summed E-state index contributed by atoms with van der Waals surface area (Å²) < 4.78 is 56.0. The van der Waals surface area contributed by atoms with E-state index in [0.29, 0.717) is 29.1 Å². The minimum atomic E-state index is -3.09. The van der Waals surface area contributed by atoms with Gasteiger partial charge in [0.2, 0.25) is 0 Å². The zero-order valence-corrected chi connectivity index (χ0v) is 21.4. The lowest BCUT2D eigenvalue weighted by Gasteiger charge is -2.16. The van der Waals surface area contributed by atoms with Gasteiger partial charge >= 0.3 is 0 Å². The Hall–Kier alpha value is -3.31. The van der Waals surface area contributed by atoms with Gasteiger partial charge in [-0.3, -0.25) is 0 Å². The van der Waals surface area contributed by atoms with Crippen molar-refractivity contribution in [2.24, 2.45) is 0 Å². The summed E-state index contributed by atoms with van der Waals surface area (Å²) in [6.45, 7) is 2.15. The smallest absolute Gasteiger partial charge is 0.193 e. The van der Waals surface area contributed by atoms with E-state index in [1.807, 2.05) is 48.5 Å². The predicted molar refractivity (Wildman–Crippen MR) is 140 cm³/mol. The van der Waals surface area contributed by atoms with Crippen molar-refractivity contribution in [1.82, 2.24) is 9.97 Å². The first-order valence-corrected chi connectivity index (χ1v) is 14.3. The highest BCUT2D eigenvalue weighted by molar-refractivity contribution is 7.90. The summed E-state index contributed by atoms with van der Waals surface area (Å²) in [5.74, 6) is 0.0922. The fourth-order valence-corrected chi connectivity index (χ4v) is 5.85. The first-order chi connectivity index (χ1) is 18.3. The summed E-state index contributed by atoms with van der Waals surface area (Å²) in [6.07, 6.45) is -1.79. The molecule has 4 aromatic rings. The van der Waals surface area contributed by atoms with Crippen LogP contribution in [0.5, 0.6) is 5.88 Å². The average Bonchev–Trinajstić information content (AvgIpc) is 3.60. The number of aromatic nitrogens is 2. The number of benzene rings is 2. The van der Waals surface area contributed by atoms with Crippen molar-refractivity contribution >= 4 is 20.9 Å². The normalized spacial score (nSPS) is 23.1. The number of aromatic amines is 1. The van der Waals surface area contributed by atoms with Crippen molar-refractivity contribution in [3.8, 4) is 28.3 Å². The van der Waals surface area contributed by atoms with Gasteiger partial charge in [-0.05, 0) is 16.7 Å². The van der Waals surface area contributed by atoms with Crippen molar-refractivity contribution in [1.29, 1.82) is 0 Å². The Kier molecular flexibility index (Phi) is 6.43. The van der Waals surface area contributed by atoms with E-state index in [0.717, 1.165) is 16.7 Å². The molecule has 2 saturated heterocycles. The molecule has 2 aromatic heterocycles. The number of hydrogen-bond acceptors (Lipinski definition) is 7. The van der Waals surface area contributed by atoms with E-state index in [2.05, 4.69) is 9.97 Å². The van der Waals surface area contributed by atoms with Crippen LogP contribution in [0.2, 0.25) is 0 Å². The molecule has 0 spiro atoms. The highest BCUT2D eigenvalue weighted by Crippen LogP contribution is 2.32. The van der Waals surface area contributed by atoms with E-state index >= 15 is 4.39 Å². The molecule has 0 radical (unpaired) electrons. The number of sulfone groups is 1. The minimum absolute atomic E-state index is 0.0223. The fourth-order valence-electron chi connectivity index (χ4n) is 4.95. The molecule has 2 aromatic carbocycles. The van der Waals surface area contributed by atoms with Gasteiger partial charge in [0, 0.05) is 23.4 Å². The number of ether oxygens (including phenoxy) is 3. The van der Waals surface area contributed by atoms with Crippen LogP contribution in [0.1, 0.15) is 12.5 Å². The third kappa shape index (κ3) is 4.80. The summed E-state index contributed by atoms with van der Waals surface area (Å²) in [6, 6.07) is 17.9. The second-order valence-electron chi connectivity index (χ2n) is 9.66. The number of nitrogens with one attached hydrogen (secondary N) is 1. The van der Waals surface area contributed by atoms with Crippen LogP contribution < -0.4 is 4.74 Å². The molecule has 0 amide bonds. The van der Waals surface area contributed by atoms with E-state index in [1.165, 1.54) is 6.07 Å². The maximum Gasteiger partial charge on any atom is 0.193 e. The summed E-state index contributed by atoms with van der Waals surface area (Å²) in [7, 11) is -3.09. The molecule has 8 nitrogen and oxygen atoms in total. The van der Waals surface area contributed by atoms with E-state index in [1.54, 1.807) is 13.0 Å². The van der Waals surface area contributed by atoms with E-state index in [4.69, 9.17) is 14.2 Å². The second-order valence-corrected chi connectivity index (χ2v) is 12.0. The Morgan fingerprint density at radius 2 is 1.66 bits per heavy atom. The summed E-state index contributed by atoms with van der Waals surface area (Å²) >= 11 is 0. The molecule has 0 bridgehead atoms. The molecular formula is C28H27FN2O6S. The molecule has 2 aliphatic heterocycles. The molecule has 38 heavy (non-hydrogen) atoms. The number of aliphatic hydroxyl groups excluding tert-OH is 1. The lowest BCUT2D eigenvalue weighted by molar-refractivity contribution is 0.00794. The van der Waals surface area contributed by atoms with E-state index < -0.39 is 27.9 Å². The zero-order chi connectivity index (χ0) is 26.4. The highest BCUT2D eigenvalue weighted by Gasteiger charge is 2.48. The molecule has 198 valence electrons. The largest absolute Gasteiger partial charge is 0.470 e. The van der Waals surface area contributed by atoms with Gasteiger partial charge in [0.05, 0.1) is 30.0 Å². The van der Waals surface area contributed by atoms with Crippen LogP contribution in [0.15, 0.2) is 60.7 Å². The highest BCUT2D eigenvalue weighted by atomic mass is 32.2. The Balaban J connectivity index is 1.19. The topological polar surface area (TPSA) is 111 Å². The van der Waals surface area contributed by atoms with E-state index in [-0.39, 0.29) is 36.0 Å². The number of halogens is 1. The van der Waals surface area contributed by atoms with Gasteiger partial charge in [0.25, 0.3) is 0 Å². The number of hydrogen-bond donors (Lipinski definition) is 2. The molecule has 0 saturated carbocycles. The quantitative estimate of drug-likeness (QED) is 0.367. The SMILES string of the molecule is CCS(=O)(=O)Cc1ccc(-c2ccc(-c3nc4cc(O[C@@H]5CO[C@H]6[C@@H]5OC[C@H]6O)[nH]c4cc3F)cc2)cc1. The zero-order valence-electron chi connectivity index (χ0n) is 20.6. The molecule has 2 N–H and O–H groups in total. The van der Waals surface area contributed by atoms with Gasteiger partial charge in [-0.15, -0.1) is 0 Å². The number of nitrogens with zero attached hydrogens (tertiary/aromatic N) is 1. The second kappa shape index (κ2) is 9.77. The van der Waals surface area contributed by atoms with Gasteiger partial charge < -0.3 is 24.3 Å². The molecule has 0 unspecified atom stereocenters. The molecule has 10 heteroatoms. The Morgan fingerprint density at radius 3 is 2.37 bits per heavy atom. The predicted octanol–water partition coefficient (Wildman–Crippen LogP) is 3.88. The van der Waals surface area contributed by atoms with Crippen LogP contribution in [-0.4, -0.2) is 66.9 Å². The molecule has 4 atom stereocenters. The van der Waals surface area contributed by atoms with Crippen LogP contribution in [0, 0.1) is 5.82 Å². The third-order valence-electron chi connectivity index (χ3n) is 7.06. The Labute approximate surface area is 219 Å². The Morgan fingerprint density at radius 1 is 1.00 bits per heavy atom. The number of rotatable bonds is 7. The van der Waals surface area contributed by atoms with Crippen LogP contribution in [0.4, 0.5) is 4.39 Å². The van der Waals surface area contributed by atoms with Crippen LogP contribution in [-0.2, 0) is 25.1 Å². The van der Waals surface area contributed by atoms with Crippen LogP contribution >= 0.6 is 0 Å². The average molecular weight is 539 g/mol. The summed E-state index contributed by atoms with van der Waals surface area (Å²) in [5, 5.41) is 9.92. The van der Waals surface area contributed by atoms with Crippen LogP contribution in [0.25, 0.3) is 33.4 Å². The van der Waals surface area contributed by atoms with Crippen molar-refractivity contribution in [2.45, 2.75) is 37.1 Å². The van der Waals surface area contributed by atoms with Crippen molar-refractivity contribution < 1.29 is 32.1 Å². The standard InChI is InChI=1S/C28H27FN2O6S/c1-2-38(33,34)15-16-3-5-17(6-4-16)18-7-9-19(10-8-18)26-20(29)11-21-22(31-26)12-25(30-21)37-24-14-36-27-23(32)13-35-28(24)27/h3-12,23-24,27-28,30,32H,2,13-15H2,1H3/t23-,24-,27-,28-/m1/s1. The van der Waals surface area contributed by atoms with E-state index in [9.17, 15) is 13.5 Å². The monoisotopic (exact) mass is 538 g/mol. The van der Waals surface area contributed by atoms with Crippen molar-refractivity contribution in [3.63, 3.8) is 0 Å². The van der Waals surface area contributed by atoms with Gasteiger partial charge in [-0.25, -0.2) is 17.8 Å². The maximum atomic E-state index is 15.0. The van der Waals surface area contributed by atoms with Crippen molar-refractivity contribution in [2.75, 3.05) is 19.0 Å². The first kappa shape index (κ1) is 25.0. The maximum absolute atomic E-state index is 15.0. The third-order valence-corrected chi connectivity index (χ3v) is 8.72. The van der Waals surface area contributed by atoms with Gasteiger partial charge in [-0.2, -0.15) is 0 Å². The first-order valence-electron chi connectivity index (χ1n) is 12.5. The molecule has 0 aliphatic carbocycles. The number of pyridine rings is 1. The number of aliphatic hydroxyl groups is 1. The van der Waals surface area contributed by atoms with Gasteiger partial charge in [-0.1, -0.05) is 55.5 Å². The lowest BCUT2D eigenvalue weighted by atomic mass is 10.0. The molecule has 4 heterocycles. The Bertz CT molecular complexity index is 1570. The minimum Gasteiger partial charge on any atom is -0.470 e. The van der Waals surface area contributed by atoms with Gasteiger partial charge in [0.15, 0.2) is 27.6 Å². The molecule has 2 fully saturated rings. The summed E-state index contributed by atoms with van der Waals surface area (Å²) in [5.41, 5.74) is 4.52. The van der Waals surface area contributed by atoms with Gasteiger partial charge in [0.1, 0.15) is 24.0 Å². The summed E-state index contributed by atoms with van der Waals surface area (Å²) in [4.78, 5) is 7.58.